The lowest BCUT2D eigenvalue weighted by molar-refractivity contribution is 0.623. The molecular weight excluding hydrogens is 601 g/mol. The van der Waals surface area contributed by atoms with Crippen LogP contribution in [0.1, 0.15) is 0 Å². The van der Waals surface area contributed by atoms with Crippen molar-refractivity contribution in [3.05, 3.63) is 170 Å². The molecule has 0 amide bonds. The van der Waals surface area contributed by atoms with E-state index in [2.05, 4.69) is 91.0 Å². The summed E-state index contributed by atoms with van der Waals surface area (Å²) in [6.07, 6.45) is 0. The molecule has 0 saturated heterocycles. The molecule has 5 heteroatoms. The van der Waals surface area contributed by atoms with Gasteiger partial charge in [-0.05, 0) is 51.9 Å². The highest BCUT2D eigenvalue weighted by Crippen LogP contribution is 2.38. The highest BCUT2D eigenvalue weighted by atomic mass is 16.3. The van der Waals surface area contributed by atoms with Crippen molar-refractivity contribution in [1.82, 2.24) is 19.9 Å². The number of fused-ring (bicyclic) bond motifs is 3. The number of oxazole rings is 1. The number of hydrogen-bond acceptors (Lipinski definition) is 5. The Kier molecular flexibility index (Phi) is 7.06. The maximum Gasteiger partial charge on any atom is 0.227 e. The number of hydrogen-bond donors (Lipinski definition) is 0. The zero-order valence-corrected chi connectivity index (χ0v) is 26.4. The zero-order chi connectivity index (χ0) is 32.6. The summed E-state index contributed by atoms with van der Waals surface area (Å²) >= 11 is 0. The molecule has 0 fully saturated rings. The normalized spacial score (nSPS) is 11.3. The van der Waals surface area contributed by atoms with Crippen LogP contribution in [0, 0.1) is 0 Å². The number of benzene rings is 7. The van der Waals surface area contributed by atoms with Gasteiger partial charge in [0.15, 0.2) is 23.1 Å². The molecule has 49 heavy (non-hydrogen) atoms. The van der Waals surface area contributed by atoms with Crippen molar-refractivity contribution < 1.29 is 4.42 Å². The van der Waals surface area contributed by atoms with Gasteiger partial charge in [-0.15, -0.1) is 0 Å². The van der Waals surface area contributed by atoms with Gasteiger partial charge in [0, 0.05) is 27.6 Å². The van der Waals surface area contributed by atoms with Gasteiger partial charge in [-0.1, -0.05) is 146 Å². The van der Waals surface area contributed by atoms with Crippen LogP contribution in [-0.2, 0) is 0 Å². The summed E-state index contributed by atoms with van der Waals surface area (Å²) in [5.41, 5.74) is 9.43. The standard InChI is InChI=1S/C44H28N4O/c1-4-14-29(15-5-1)33-21-12-22-34(28-33)41-46-42(36-24-11-10-23-35(36)30-16-6-2-7-17-30)48-43(47-41)37-25-13-20-31-26-27-38-40(39(31)37)49-44(45-38)32-18-8-3-9-19-32/h1-28H. The van der Waals surface area contributed by atoms with E-state index < -0.39 is 0 Å². The van der Waals surface area contributed by atoms with Crippen molar-refractivity contribution in [2.75, 3.05) is 0 Å². The van der Waals surface area contributed by atoms with Crippen LogP contribution >= 0.6 is 0 Å². The van der Waals surface area contributed by atoms with Gasteiger partial charge in [0.25, 0.3) is 0 Å². The SMILES string of the molecule is c1ccc(-c2cccc(-c3nc(-c4ccccc4-c4ccccc4)nc(-c4cccc5ccc6nc(-c7ccccc7)oc6c45)n3)c2)cc1. The first-order chi connectivity index (χ1) is 24.3. The van der Waals surface area contributed by atoms with E-state index >= 15 is 0 Å². The predicted molar refractivity (Wildman–Crippen MR) is 198 cm³/mol. The summed E-state index contributed by atoms with van der Waals surface area (Å²) in [5.74, 6) is 2.32. The Hall–Kier alpha value is -6.72. The van der Waals surface area contributed by atoms with Crippen LogP contribution in [0.3, 0.4) is 0 Å². The third-order valence-corrected chi connectivity index (χ3v) is 8.78. The average molecular weight is 629 g/mol. The Morgan fingerprint density at radius 3 is 1.65 bits per heavy atom. The minimum atomic E-state index is 0.559. The Morgan fingerprint density at radius 2 is 0.898 bits per heavy atom. The number of rotatable bonds is 6. The van der Waals surface area contributed by atoms with E-state index in [9.17, 15) is 0 Å². The molecular formula is C44H28N4O. The van der Waals surface area contributed by atoms with Crippen LogP contribution < -0.4 is 0 Å². The van der Waals surface area contributed by atoms with Crippen molar-refractivity contribution in [2.24, 2.45) is 0 Å². The second kappa shape index (κ2) is 12.1. The van der Waals surface area contributed by atoms with Crippen LogP contribution in [0.2, 0.25) is 0 Å². The maximum atomic E-state index is 6.52. The molecule has 2 aromatic heterocycles. The van der Waals surface area contributed by atoms with Gasteiger partial charge in [0.05, 0.1) is 0 Å². The lowest BCUT2D eigenvalue weighted by Crippen LogP contribution is -2.01. The number of aromatic nitrogens is 4. The summed E-state index contributed by atoms with van der Waals surface area (Å²) in [6, 6.07) is 57.6. The van der Waals surface area contributed by atoms with E-state index in [1.807, 2.05) is 78.9 Å². The Morgan fingerprint density at radius 1 is 0.347 bits per heavy atom. The fraction of sp³-hybridized carbons (Fsp3) is 0. The highest BCUT2D eigenvalue weighted by molar-refractivity contribution is 6.10. The summed E-state index contributed by atoms with van der Waals surface area (Å²) in [6.45, 7) is 0. The molecule has 0 spiro atoms. The first-order valence-corrected chi connectivity index (χ1v) is 16.2. The van der Waals surface area contributed by atoms with Crippen LogP contribution in [0.4, 0.5) is 0 Å². The number of nitrogens with zero attached hydrogens (tertiary/aromatic N) is 4. The van der Waals surface area contributed by atoms with Gasteiger partial charge in [-0.3, -0.25) is 0 Å². The summed E-state index contributed by atoms with van der Waals surface area (Å²) in [4.78, 5) is 20.4. The molecule has 9 rings (SSSR count). The molecule has 0 unspecified atom stereocenters. The van der Waals surface area contributed by atoms with Gasteiger partial charge in [-0.2, -0.15) is 0 Å². The van der Waals surface area contributed by atoms with E-state index in [-0.39, 0.29) is 0 Å². The molecule has 0 N–H and O–H groups in total. The molecule has 2 heterocycles. The van der Waals surface area contributed by atoms with Gasteiger partial charge < -0.3 is 4.42 Å². The van der Waals surface area contributed by atoms with Crippen LogP contribution in [0.5, 0.6) is 0 Å². The predicted octanol–water partition coefficient (Wildman–Crippen LogP) is 11.2. The first kappa shape index (κ1) is 28.5. The second-order valence-corrected chi connectivity index (χ2v) is 11.9. The van der Waals surface area contributed by atoms with Crippen LogP contribution in [0.25, 0.3) is 89.7 Å². The Balaban J connectivity index is 1.29. The lowest BCUT2D eigenvalue weighted by atomic mass is 9.98. The Bertz CT molecular complexity index is 2600. The van der Waals surface area contributed by atoms with Crippen molar-refractivity contribution in [3.63, 3.8) is 0 Å². The lowest BCUT2D eigenvalue weighted by Gasteiger charge is -2.13. The molecule has 0 radical (unpaired) electrons. The molecule has 0 bridgehead atoms. The molecule has 0 saturated carbocycles. The smallest absolute Gasteiger partial charge is 0.227 e. The minimum absolute atomic E-state index is 0.559. The molecule has 0 aliphatic heterocycles. The topological polar surface area (TPSA) is 64.7 Å². The molecule has 7 aromatic carbocycles. The largest absolute Gasteiger partial charge is 0.435 e. The van der Waals surface area contributed by atoms with E-state index in [1.54, 1.807) is 0 Å². The third kappa shape index (κ3) is 5.33. The van der Waals surface area contributed by atoms with Crippen LogP contribution in [-0.4, -0.2) is 19.9 Å². The second-order valence-electron chi connectivity index (χ2n) is 11.9. The summed E-state index contributed by atoms with van der Waals surface area (Å²) in [7, 11) is 0. The van der Waals surface area contributed by atoms with E-state index in [0.717, 1.165) is 60.8 Å². The van der Waals surface area contributed by atoms with Crippen molar-refractivity contribution in [2.45, 2.75) is 0 Å². The monoisotopic (exact) mass is 628 g/mol. The van der Waals surface area contributed by atoms with Crippen LogP contribution in [0.15, 0.2) is 174 Å². The fourth-order valence-corrected chi connectivity index (χ4v) is 6.41. The van der Waals surface area contributed by atoms with E-state index in [1.165, 1.54) is 0 Å². The van der Waals surface area contributed by atoms with Gasteiger partial charge >= 0.3 is 0 Å². The van der Waals surface area contributed by atoms with Gasteiger partial charge in [0.1, 0.15) is 5.52 Å². The molecule has 9 aromatic rings. The van der Waals surface area contributed by atoms with Gasteiger partial charge in [0.2, 0.25) is 5.89 Å². The maximum absolute atomic E-state index is 6.52. The third-order valence-electron chi connectivity index (χ3n) is 8.78. The summed E-state index contributed by atoms with van der Waals surface area (Å²) < 4.78 is 6.52. The summed E-state index contributed by atoms with van der Waals surface area (Å²) in [5, 5.41) is 1.92. The van der Waals surface area contributed by atoms with Crippen molar-refractivity contribution in [1.29, 1.82) is 0 Å². The molecule has 0 atom stereocenters. The molecule has 0 aliphatic rings. The highest BCUT2D eigenvalue weighted by Gasteiger charge is 2.20. The average Bonchev–Trinajstić information content (AvgIpc) is 3.64. The first-order valence-electron chi connectivity index (χ1n) is 16.2. The quantitative estimate of drug-likeness (QED) is 0.183. The van der Waals surface area contributed by atoms with Crippen molar-refractivity contribution >= 4 is 21.9 Å². The fourth-order valence-electron chi connectivity index (χ4n) is 6.41. The molecule has 230 valence electrons. The molecule has 0 aliphatic carbocycles. The minimum Gasteiger partial charge on any atom is -0.435 e. The molecule has 5 nitrogen and oxygen atoms in total. The van der Waals surface area contributed by atoms with Gasteiger partial charge in [-0.25, -0.2) is 19.9 Å². The van der Waals surface area contributed by atoms with Crippen molar-refractivity contribution in [3.8, 4) is 67.9 Å². The van der Waals surface area contributed by atoms with E-state index in [0.29, 0.717) is 28.9 Å². The zero-order valence-electron chi connectivity index (χ0n) is 26.4. The Labute approximate surface area is 283 Å². The van der Waals surface area contributed by atoms with E-state index in [4.69, 9.17) is 24.4 Å².